The van der Waals surface area contributed by atoms with Crippen molar-refractivity contribution in [2.75, 3.05) is 13.7 Å². The van der Waals surface area contributed by atoms with E-state index in [1.165, 1.54) is 25.4 Å². The summed E-state index contributed by atoms with van der Waals surface area (Å²) in [4.78, 5) is 17.1. The lowest BCUT2D eigenvalue weighted by molar-refractivity contribution is -0.146. The van der Waals surface area contributed by atoms with E-state index < -0.39 is 33.6 Å². The molecule has 0 saturated carbocycles. The van der Waals surface area contributed by atoms with E-state index >= 15 is 0 Å². The van der Waals surface area contributed by atoms with E-state index in [4.69, 9.17) is 16.3 Å². The normalized spacial score (nSPS) is 12.8. The number of pyridine rings is 1. The fraction of sp³-hybridized carbons (Fsp3) is 0.182. The minimum Gasteiger partial charge on any atom is -0.505 e. The third kappa shape index (κ3) is 6.76. The number of aromatic hydroxyl groups is 1. The van der Waals surface area contributed by atoms with Crippen molar-refractivity contribution >= 4 is 27.3 Å². The highest BCUT2D eigenvalue weighted by atomic mass is 32.2. The highest BCUT2D eigenvalue weighted by Crippen LogP contribution is 2.29. The molecule has 1 aromatic carbocycles. The Morgan fingerprint density at radius 1 is 1.31 bits per heavy atom. The average Bonchev–Trinajstić information content (AvgIpc) is 3.35. The Balaban J connectivity index is 1.68. The van der Waals surface area contributed by atoms with Crippen LogP contribution in [-0.4, -0.2) is 49.2 Å². The molecule has 35 heavy (non-hydrogen) atoms. The number of rotatable bonds is 10. The number of phenols is 1. The molecule has 2 heterocycles. The lowest BCUT2D eigenvalue weighted by Gasteiger charge is -2.24. The Morgan fingerprint density at radius 3 is 2.74 bits per heavy atom. The largest absolute Gasteiger partial charge is 0.505 e. The number of carbonyl (C=O) groups is 1. The van der Waals surface area contributed by atoms with Crippen molar-refractivity contribution in [3.05, 3.63) is 78.0 Å². The van der Waals surface area contributed by atoms with Gasteiger partial charge in [0.05, 0.1) is 24.2 Å². The Labute approximate surface area is 205 Å². The molecule has 0 saturated heterocycles. The molecule has 0 unspecified atom stereocenters. The third-order valence-electron chi connectivity index (χ3n) is 4.82. The van der Waals surface area contributed by atoms with Crippen LogP contribution in [-0.2, 0) is 26.0 Å². The van der Waals surface area contributed by atoms with Gasteiger partial charge in [0.2, 0.25) is 10.0 Å². The zero-order valence-corrected chi connectivity index (χ0v) is 20.2. The van der Waals surface area contributed by atoms with E-state index in [9.17, 15) is 22.7 Å². The van der Waals surface area contributed by atoms with Gasteiger partial charge >= 0.3 is 5.97 Å². The van der Waals surface area contributed by atoms with Crippen LogP contribution in [0.4, 0.5) is 4.39 Å². The summed E-state index contributed by atoms with van der Waals surface area (Å²) < 4.78 is 46.2. The van der Waals surface area contributed by atoms with Gasteiger partial charge in [-0.1, -0.05) is 12.1 Å². The first-order valence-corrected chi connectivity index (χ1v) is 12.5. The number of hydrogen-bond donors (Lipinski definition) is 4. The van der Waals surface area contributed by atoms with E-state index in [1.54, 1.807) is 30.5 Å². The monoisotopic (exact) mass is 521 g/mol. The van der Waals surface area contributed by atoms with Crippen LogP contribution in [0.1, 0.15) is 5.56 Å². The molecule has 0 aliphatic carbocycles. The molecule has 0 bridgehead atoms. The highest BCUT2D eigenvalue weighted by Gasteiger charge is 2.25. The summed E-state index contributed by atoms with van der Waals surface area (Å²) in [6.45, 7) is -0.283. The van der Waals surface area contributed by atoms with Crippen LogP contribution in [0.3, 0.4) is 0 Å². The number of esters is 1. The van der Waals surface area contributed by atoms with E-state index in [1.807, 2.05) is 0 Å². The second kappa shape index (κ2) is 11.3. The number of aromatic nitrogens is 1. The number of methoxy groups -OCH3 is 1. The zero-order chi connectivity index (χ0) is 25.6. The van der Waals surface area contributed by atoms with Crippen molar-refractivity contribution < 1.29 is 27.4 Å². The SMILES string of the molecule is COC(=O)[C@H](Cc1ccc(O)c(F)c1)N(N)/C=C(\N)CNS(=O)(=O)c1ccc(-c2ccccn2)s1. The molecule has 0 amide bonds. The van der Waals surface area contributed by atoms with Gasteiger partial charge in [0.25, 0.3) is 0 Å². The Kier molecular flexibility index (Phi) is 8.40. The van der Waals surface area contributed by atoms with Crippen LogP contribution in [0.2, 0.25) is 0 Å². The number of sulfonamides is 1. The molecular formula is C22H24FN5O5S2. The molecular weight excluding hydrogens is 497 g/mol. The fourth-order valence-corrected chi connectivity index (χ4v) is 5.38. The van der Waals surface area contributed by atoms with Crippen LogP contribution in [0.15, 0.2) is 70.8 Å². The van der Waals surface area contributed by atoms with Gasteiger partial charge in [0, 0.05) is 24.5 Å². The molecule has 13 heteroatoms. The molecule has 0 spiro atoms. The molecule has 6 N–H and O–H groups in total. The molecule has 1 atom stereocenters. The summed E-state index contributed by atoms with van der Waals surface area (Å²) in [7, 11) is -2.70. The van der Waals surface area contributed by atoms with E-state index in [0.29, 0.717) is 16.1 Å². The van der Waals surface area contributed by atoms with E-state index in [-0.39, 0.29) is 22.9 Å². The fourth-order valence-electron chi connectivity index (χ4n) is 3.03. The molecule has 0 fully saturated rings. The molecule has 10 nitrogen and oxygen atoms in total. The van der Waals surface area contributed by atoms with Crippen LogP contribution >= 0.6 is 11.3 Å². The minimum atomic E-state index is -3.87. The number of nitrogens with one attached hydrogen (secondary N) is 1. The van der Waals surface area contributed by atoms with Crippen LogP contribution < -0.4 is 16.3 Å². The maximum atomic E-state index is 13.7. The van der Waals surface area contributed by atoms with Crippen molar-refractivity contribution in [2.45, 2.75) is 16.7 Å². The molecule has 3 rings (SSSR count). The number of thiophene rings is 1. The first-order valence-electron chi connectivity index (χ1n) is 10.2. The highest BCUT2D eigenvalue weighted by molar-refractivity contribution is 7.91. The van der Waals surface area contributed by atoms with Crippen LogP contribution in [0, 0.1) is 5.82 Å². The topological polar surface area (TPSA) is 161 Å². The number of halogens is 1. The summed E-state index contributed by atoms with van der Waals surface area (Å²) in [5.74, 6) is 3.89. The molecule has 186 valence electrons. The van der Waals surface area contributed by atoms with E-state index in [2.05, 4.69) is 9.71 Å². The first-order chi connectivity index (χ1) is 16.6. The molecule has 2 aromatic heterocycles. The number of carbonyl (C=O) groups excluding carboxylic acids is 1. The van der Waals surface area contributed by atoms with Gasteiger partial charge in [-0.05, 0) is 42.0 Å². The van der Waals surface area contributed by atoms with Gasteiger partial charge in [0.15, 0.2) is 11.6 Å². The third-order valence-corrected chi connectivity index (χ3v) is 7.82. The van der Waals surface area contributed by atoms with Crippen molar-refractivity contribution in [1.82, 2.24) is 14.7 Å². The smallest absolute Gasteiger partial charge is 0.330 e. The lowest BCUT2D eigenvalue weighted by atomic mass is 10.1. The van der Waals surface area contributed by atoms with Gasteiger partial charge in [-0.15, -0.1) is 11.3 Å². The van der Waals surface area contributed by atoms with Crippen molar-refractivity contribution in [3.63, 3.8) is 0 Å². The zero-order valence-electron chi connectivity index (χ0n) is 18.6. The van der Waals surface area contributed by atoms with Gasteiger partial charge < -0.3 is 20.6 Å². The van der Waals surface area contributed by atoms with Crippen molar-refractivity contribution in [3.8, 4) is 16.3 Å². The summed E-state index contributed by atoms with van der Waals surface area (Å²) in [5.41, 5.74) is 6.98. The van der Waals surface area contributed by atoms with Crippen molar-refractivity contribution in [2.24, 2.45) is 11.6 Å². The predicted molar refractivity (Wildman–Crippen MR) is 129 cm³/mol. The van der Waals surface area contributed by atoms with Crippen LogP contribution in [0.5, 0.6) is 5.75 Å². The summed E-state index contributed by atoms with van der Waals surface area (Å²) in [5, 5.41) is 10.3. The minimum absolute atomic E-state index is 0.0170. The number of benzene rings is 1. The Morgan fingerprint density at radius 2 is 2.09 bits per heavy atom. The number of hydrazine groups is 1. The summed E-state index contributed by atoms with van der Waals surface area (Å²) >= 11 is 1.06. The van der Waals surface area contributed by atoms with E-state index in [0.717, 1.165) is 28.5 Å². The van der Waals surface area contributed by atoms with Crippen LogP contribution in [0.25, 0.3) is 10.6 Å². The maximum absolute atomic E-state index is 13.7. The lowest BCUT2D eigenvalue weighted by Crippen LogP contribution is -2.45. The first kappa shape index (κ1) is 26.1. The number of nitrogens with two attached hydrogens (primary N) is 2. The molecule has 3 aromatic rings. The molecule has 0 radical (unpaired) electrons. The Hall–Kier alpha value is -3.52. The maximum Gasteiger partial charge on any atom is 0.330 e. The molecule has 0 aliphatic heterocycles. The number of nitrogens with zero attached hydrogens (tertiary/aromatic N) is 2. The predicted octanol–water partition coefficient (Wildman–Crippen LogP) is 1.69. The quantitative estimate of drug-likeness (QED) is 0.177. The number of ether oxygens (including phenoxy) is 1. The standard InChI is InChI=1S/C22H24FN5O5S2/c1-33-22(30)18(11-14-5-6-19(29)16(23)10-14)28(25)13-15(24)12-27-35(31,32)21-8-7-20(34-21)17-4-2-3-9-26-17/h2-10,13,18,27,29H,11-12,24-25H2,1H3/b15-13-/t18-/m0/s1. The number of phenolic OH excluding ortho intramolecular Hbond substituents is 1. The van der Waals surface area contributed by atoms with Crippen molar-refractivity contribution in [1.29, 1.82) is 0 Å². The summed E-state index contributed by atoms with van der Waals surface area (Å²) in [6.07, 6.45) is 2.75. The second-order valence-corrected chi connectivity index (χ2v) is 10.4. The second-order valence-electron chi connectivity index (χ2n) is 7.34. The van der Waals surface area contributed by atoms with Gasteiger partial charge in [-0.25, -0.2) is 28.2 Å². The Bertz CT molecular complexity index is 1310. The van der Waals surface area contributed by atoms with Gasteiger partial charge in [0.1, 0.15) is 10.3 Å². The number of hydrogen-bond acceptors (Lipinski definition) is 10. The average molecular weight is 522 g/mol. The summed E-state index contributed by atoms with van der Waals surface area (Å²) in [6, 6.07) is 11.0. The molecule has 0 aliphatic rings. The van der Waals surface area contributed by atoms with Gasteiger partial charge in [-0.2, -0.15) is 0 Å². The van der Waals surface area contributed by atoms with Gasteiger partial charge in [-0.3, -0.25) is 4.98 Å².